The van der Waals surface area contributed by atoms with Gasteiger partial charge in [-0.25, -0.2) is 4.39 Å². The molecule has 1 atom stereocenters. The fraction of sp³-hybridized carbons (Fsp3) is 0.391. The zero-order valence-electron chi connectivity index (χ0n) is 16.9. The summed E-state index contributed by atoms with van der Waals surface area (Å²) in [6, 6.07) is 10.6. The van der Waals surface area contributed by atoms with Crippen molar-refractivity contribution in [2.24, 2.45) is 4.99 Å². The molecule has 0 bridgehead atoms. The van der Waals surface area contributed by atoms with E-state index >= 15 is 0 Å². The van der Waals surface area contributed by atoms with Crippen molar-refractivity contribution in [1.29, 1.82) is 0 Å². The highest BCUT2D eigenvalue weighted by molar-refractivity contribution is 6.12. The maximum atomic E-state index is 14.2. The van der Waals surface area contributed by atoms with Crippen molar-refractivity contribution in [3.8, 4) is 0 Å². The normalized spacial score (nSPS) is 22.7. The Morgan fingerprint density at radius 3 is 2.70 bits per heavy atom. The van der Waals surface area contributed by atoms with Crippen molar-refractivity contribution in [1.82, 2.24) is 0 Å². The molecule has 3 heterocycles. The molecule has 5 rings (SSSR count). The van der Waals surface area contributed by atoms with Gasteiger partial charge in [-0.3, -0.25) is 9.79 Å². The largest absolute Gasteiger partial charge is 0.371 e. The van der Waals surface area contributed by atoms with Gasteiger partial charge in [0.1, 0.15) is 11.7 Å². The van der Waals surface area contributed by atoms with E-state index in [1.165, 1.54) is 12.3 Å². The number of amides is 1. The average Bonchev–Trinajstić information content (AvgIpc) is 3.32. The number of aliphatic imine (C=N–C) groups is 1. The number of carbonyl (C=O) groups is 1. The third kappa shape index (κ3) is 3.38. The highest BCUT2D eigenvalue weighted by atomic mass is 19.1. The lowest BCUT2D eigenvalue weighted by Gasteiger charge is -2.39. The molecular weight excluding hydrogens is 385 g/mol. The van der Waals surface area contributed by atoms with Gasteiger partial charge in [0, 0.05) is 49.1 Å². The molecule has 6 nitrogen and oxygen atoms in total. The maximum Gasteiger partial charge on any atom is 0.237 e. The summed E-state index contributed by atoms with van der Waals surface area (Å²) in [6.45, 7) is 5.17. The first-order valence-corrected chi connectivity index (χ1v) is 10.3. The van der Waals surface area contributed by atoms with Gasteiger partial charge < -0.3 is 19.7 Å². The third-order valence-electron chi connectivity index (χ3n) is 6.14. The van der Waals surface area contributed by atoms with Crippen LogP contribution < -0.4 is 10.2 Å². The van der Waals surface area contributed by atoms with Gasteiger partial charge in [0.2, 0.25) is 5.91 Å². The molecule has 7 heteroatoms. The number of piperidine rings is 1. The van der Waals surface area contributed by atoms with Gasteiger partial charge in [-0.05, 0) is 42.8 Å². The van der Waals surface area contributed by atoms with Gasteiger partial charge >= 0.3 is 0 Å². The Kier molecular flexibility index (Phi) is 4.79. The van der Waals surface area contributed by atoms with Gasteiger partial charge in [-0.15, -0.1) is 0 Å². The molecule has 0 saturated carbocycles. The van der Waals surface area contributed by atoms with Crippen LogP contribution in [0.2, 0.25) is 0 Å². The molecule has 2 fully saturated rings. The number of hydrogen-bond donors (Lipinski definition) is 1. The lowest BCUT2D eigenvalue weighted by atomic mass is 10.0. The number of fused-ring (bicyclic) bond motifs is 1. The summed E-state index contributed by atoms with van der Waals surface area (Å²) in [6.07, 6.45) is 3.24. The summed E-state index contributed by atoms with van der Waals surface area (Å²) in [5, 5.41) is 2.71. The topological polar surface area (TPSA) is 63.2 Å². The summed E-state index contributed by atoms with van der Waals surface area (Å²) >= 11 is 0. The Hall–Kier alpha value is -2.77. The minimum atomic E-state index is -0.717. The van der Waals surface area contributed by atoms with E-state index in [0.29, 0.717) is 24.5 Å². The second kappa shape index (κ2) is 7.49. The first-order valence-electron chi connectivity index (χ1n) is 10.3. The average molecular weight is 409 g/mol. The molecule has 0 radical (unpaired) electrons. The molecule has 2 aromatic rings. The van der Waals surface area contributed by atoms with Crippen LogP contribution in [0.3, 0.4) is 0 Å². The number of benzene rings is 2. The van der Waals surface area contributed by atoms with Crippen LogP contribution in [0.25, 0.3) is 0 Å². The summed E-state index contributed by atoms with van der Waals surface area (Å²) in [5.74, 6) is -1.76. The van der Waals surface area contributed by atoms with E-state index in [2.05, 4.69) is 28.2 Å². The molecular formula is C23H24FN3O3. The molecule has 0 aliphatic carbocycles. The predicted octanol–water partition coefficient (Wildman–Crippen LogP) is 3.92. The molecule has 1 spiro atoms. The predicted molar refractivity (Wildman–Crippen MR) is 113 cm³/mol. The van der Waals surface area contributed by atoms with Crippen LogP contribution in [0, 0.1) is 12.7 Å². The molecule has 156 valence electrons. The molecule has 3 aliphatic heterocycles. The van der Waals surface area contributed by atoms with Crippen LogP contribution in [0.15, 0.2) is 41.4 Å². The van der Waals surface area contributed by atoms with Crippen LogP contribution in [0.5, 0.6) is 0 Å². The van der Waals surface area contributed by atoms with Crippen LogP contribution in [-0.4, -0.2) is 44.2 Å². The van der Waals surface area contributed by atoms with E-state index in [1.54, 1.807) is 12.1 Å². The Labute approximate surface area is 174 Å². The molecule has 2 aromatic carbocycles. The standard InChI is InChI=1S/C23H24FN3O3/c1-15-13-16(25-14-17-21-18(24)3-2-4-19(21)26-22(17)28)5-6-20(15)27-9-7-23(8-10-27)29-11-12-30-23/h2-6,13-14,17H,7-12H2,1H3,(H,26,28). The molecule has 30 heavy (non-hydrogen) atoms. The van der Waals surface area contributed by atoms with Crippen molar-refractivity contribution in [3.05, 3.63) is 53.3 Å². The number of halogens is 1. The van der Waals surface area contributed by atoms with Crippen LogP contribution >= 0.6 is 0 Å². The number of aryl methyl sites for hydroxylation is 1. The van der Waals surface area contributed by atoms with Crippen LogP contribution in [0.4, 0.5) is 21.5 Å². The lowest BCUT2D eigenvalue weighted by molar-refractivity contribution is -0.169. The van der Waals surface area contributed by atoms with E-state index in [4.69, 9.17) is 9.47 Å². The molecule has 1 unspecified atom stereocenters. The zero-order valence-corrected chi connectivity index (χ0v) is 16.9. The smallest absolute Gasteiger partial charge is 0.237 e. The fourth-order valence-corrected chi connectivity index (χ4v) is 4.56. The van der Waals surface area contributed by atoms with Gasteiger partial charge in [0.25, 0.3) is 0 Å². The number of carbonyl (C=O) groups excluding carboxylic acids is 1. The first kappa shape index (κ1) is 19.2. The Morgan fingerprint density at radius 1 is 1.20 bits per heavy atom. The summed E-state index contributed by atoms with van der Waals surface area (Å²) in [4.78, 5) is 19.1. The number of rotatable bonds is 3. The van der Waals surface area contributed by atoms with Gasteiger partial charge in [0.15, 0.2) is 5.79 Å². The second-order valence-electron chi connectivity index (χ2n) is 8.01. The van der Waals surface area contributed by atoms with Crippen LogP contribution in [-0.2, 0) is 14.3 Å². The molecule has 2 saturated heterocycles. The van der Waals surface area contributed by atoms with Gasteiger partial charge in [0.05, 0.1) is 18.9 Å². The van der Waals surface area contributed by atoms with Crippen LogP contribution in [0.1, 0.15) is 29.9 Å². The molecule has 1 amide bonds. The van der Waals surface area contributed by atoms with Crippen molar-refractivity contribution in [2.75, 3.05) is 36.5 Å². The summed E-state index contributed by atoms with van der Waals surface area (Å²) in [7, 11) is 0. The van der Waals surface area contributed by atoms with E-state index in [-0.39, 0.29) is 11.7 Å². The number of nitrogens with one attached hydrogen (secondary N) is 1. The molecule has 1 N–H and O–H groups in total. The zero-order chi connectivity index (χ0) is 20.7. The van der Waals surface area contributed by atoms with Crippen molar-refractivity contribution < 1.29 is 18.7 Å². The third-order valence-corrected chi connectivity index (χ3v) is 6.14. The van der Waals surface area contributed by atoms with Crippen molar-refractivity contribution in [3.63, 3.8) is 0 Å². The van der Waals surface area contributed by atoms with Crippen molar-refractivity contribution >= 4 is 29.2 Å². The molecule has 0 aromatic heterocycles. The second-order valence-corrected chi connectivity index (χ2v) is 8.01. The summed E-state index contributed by atoms with van der Waals surface area (Å²) in [5.41, 5.74) is 3.89. The Balaban J connectivity index is 1.31. The maximum absolute atomic E-state index is 14.2. The number of nitrogens with zero attached hydrogens (tertiary/aromatic N) is 2. The van der Waals surface area contributed by atoms with E-state index in [0.717, 1.165) is 42.9 Å². The highest BCUT2D eigenvalue weighted by Gasteiger charge is 2.40. The van der Waals surface area contributed by atoms with Gasteiger partial charge in [-0.1, -0.05) is 6.07 Å². The Morgan fingerprint density at radius 2 is 1.97 bits per heavy atom. The Bertz CT molecular complexity index is 1010. The lowest BCUT2D eigenvalue weighted by Crippen LogP contribution is -2.45. The highest BCUT2D eigenvalue weighted by Crippen LogP contribution is 2.36. The van der Waals surface area contributed by atoms with Crippen molar-refractivity contribution in [2.45, 2.75) is 31.5 Å². The van der Waals surface area contributed by atoms with E-state index in [9.17, 15) is 9.18 Å². The van der Waals surface area contributed by atoms with E-state index in [1.807, 2.05) is 12.1 Å². The number of ether oxygens (including phenoxy) is 2. The monoisotopic (exact) mass is 409 g/mol. The quantitative estimate of drug-likeness (QED) is 0.781. The number of anilines is 2. The fourth-order valence-electron chi connectivity index (χ4n) is 4.56. The minimum absolute atomic E-state index is 0.259. The first-order chi connectivity index (χ1) is 14.5. The minimum Gasteiger partial charge on any atom is -0.371 e. The SMILES string of the molecule is Cc1cc(N=CC2C(=O)Nc3cccc(F)c32)ccc1N1CCC2(CC1)OCCO2. The molecule has 3 aliphatic rings. The van der Waals surface area contributed by atoms with Gasteiger partial charge in [-0.2, -0.15) is 0 Å². The number of hydrogen-bond acceptors (Lipinski definition) is 5. The van der Waals surface area contributed by atoms with E-state index < -0.39 is 11.7 Å². The summed E-state index contributed by atoms with van der Waals surface area (Å²) < 4.78 is 25.8.